The number of anilines is 1. The number of aliphatic hydroxyl groups is 4. The number of hydrogen-bond acceptors (Lipinski definition) is 18. The third kappa shape index (κ3) is 7.90. The number of H-pyrrole nitrogens is 2. The summed E-state index contributed by atoms with van der Waals surface area (Å²) in [6.07, 6.45) is -6.25. The molecular weight excluding hydrogens is 752 g/mol. The molecule has 0 spiro atoms. The normalized spacial score (nSPS) is 25.1. The van der Waals surface area contributed by atoms with Gasteiger partial charge in [0.2, 0.25) is 11.3 Å². The fourth-order valence-corrected chi connectivity index (χ4v) is 7.86. The first-order valence-corrected chi connectivity index (χ1v) is 18.6. The van der Waals surface area contributed by atoms with E-state index < -0.39 is 89.2 Å². The van der Waals surface area contributed by atoms with Crippen LogP contribution in [-0.2, 0) is 45.0 Å². The van der Waals surface area contributed by atoms with Gasteiger partial charge in [0, 0.05) is 6.42 Å². The standard InChI is InChI=1S/C27H33N9O15P2/c1-10-3-12-13(4-11(10)2)35(24-18(32-12)25(42)34-27(43)33-24)5-14(37)19(39)15(38)6-48-52(44,45)51-53(46,47)49-7-16-20(40)21(41)26(50-16)36-9-31-17-22(28)29-8-30-23(17)36/h3,8-9,11,15-16,19-21,26,38-41H,4-7H2,1-2H3,(H5,28,29,30,34,42,43,44,45,46,47)/p+1/t11-,15+,16+,19-,20+,21+,26+/m0/s1. The maximum Gasteiger partial charge on any atom is 0.481 e. The van der Waals surface area contributed by atoms with Crippen molar-refractivity contribution in [1.29, 1.82) is 0 Å². The first kappa shape index (κ1) is 38.6. The lowest BCUT2D eigenvalue weighted by Crippen LogP contribution is -2.51. The molecular formula is C27H34N9O15P2+. The zero-order chi connectivity index (χ0) is 38.6. The van der Waals surface area contributed by atoms with Crippen molar-refractivity contribution in [2.45, 2.75) is 63.6 Å². The highest BCUT2D eigenvalue weighted by Crippen LogP contribution is 2.60. The van der Waals surface area contributed by atoms with Crippen LogP contribution in [0.2, 0.25) is 0 Å². The summed E-state index contributed by atoms with van der Waals surface area (Å²) in [4.78, 5) is 78.5. The number of carbonyl (C=O) groups excluding carboxylic acids is 1. The molecule has 2 unspecified atom stereocenters. The molecule has 0 radical (unpaired) electrons. The molecule has 0 bridgehead atoms. The number of aromatic nitrogens is 8. The van der Waals surface area contributed by atoms with Gasteiger partial charge in [0.1, 0.15) is 53.8 Å². The van der Waals surface area contributed by atoms with Crippen LogP contribution in [0.3, 0.4) is 0 Å². The summed E-state index contributed by atoms with van der Waals surface area (Å²) in [5.41, 5.74) is 5.70. The quantitative estimate of drug-likeness (QED) is 0.0484. The fourth-order valence-electron chi connectivity index (χ4n) is 5.76. The van der Waals surface area contributed by atoms with Crippen molar-refractivity contribution in [3.8, 4) is 0 Å². The second-order valence-corrected chi connectivity index (χ2v) is 15.4. The number of aromatic amines is 2. The number of aliphatic hydroxyl groups excluding tert-OH is 4. The van der Waals surface area contributed by atoms with Crippen molar-refractivity contribution in [1.82, 2.24) is 34.5 Å². The number of nitrogen functional groups attached to an aromatic ring is 1. The monoisotopic (exact) mass is 786 g/mol. The van der Waals surface area contributed by atoms with Gasteiger partial charge < -0.3 is 40.7 Å². The number of rotatable bonds is 13. The minimum Gasteiger partial charge on any atom is -0.388 e. The molecule has 5 heterocycles. The Labute approximate surface area is 295 Å². The molecule has 10 N–H and O–H groups in total. The number of ether oxygens (including phenoxy) is 1. The smallest absolute Gasteiger partial charge is 0.388 e. The van der Waals surface area contributed by atoms with Gasteiger partial charge in [-0.05, 0) is 18.9 Å². The van der Waals surface area contributed by atoms with Gasteiger partial charge in [-0.1, -0.05) is 12.5 Å². The average Bonchev–Trinajstić information content (AvgIpc) is 3.63. The molecule has 4 aromatic heterocycles. The molecule has 26 heteroatoms. The van der Waals surface area contributed by atoms with E-state index in [1.54, 1.807) is 6.08 Å². The van der Waals surface area contributed by atoms with Crippen LogP contribution in [-0.4, -0.2) is 114 Å². The van der Waals surface area contributed by atoms with Gasteiger partial charge in [-0.15, -0.1) is 0 Å². The maximum absolute atomic E-state index is 13.2. The van der Waals surface area contributed by atoms with Crippen LogP contribution >= 0.6 is 15.6 Å². The Balaban J connectivity index is 1.07. The zero-order valence-electron chi connectivity index (χ0n) is 27.6. The van der Waals surface area contributed by atoms with Gasteiger partial charge in [-0.3, -0.25) is 28.2 Å². The van der Waals surface area contributed by atoms with Crippen LogP contribution in [0.1, 0.15) is 31.5 Å². The number of Topliss-reactive ketones (excluding diaryl/α,β-unsaturated/α-hetero) is 1. The highest BCUT2D eigenvalue weighted by molar-refractivity contribution is 7.61. The predicted molar refractivity (Wildman–Crippen MR) is 175 cm³/mol. The fraction of sp³-hybridized carbons (Fsp3) is 0.481. The molecule has 1 saturated heterocycles. The molecule has 0 amide bonds. The van der Waals surface area contributed by atoms with Crippen LogP contribution in [0.25, 0.3) is 28.4 Å². The first-order valence-electron chi connectivity index (χ1n) is 15.6. The molecule has 9 atom stereocenters. The van der Waals surface area contributed by atoms with Crippen molar-refractivity contribution in [2.24, 2.45) is 5.92 Å². The molecule has 24 nitrogen and oxygen atoms in total. The summed E-state index contributed by atoms with van der Waals surface area (Å²) in [6.45, 7) is 0.816. The number of nitrogens with one attached hydrogen (secondary N) is 2. The number of allylic oxidation sites excluding steroid dienone is 1. The molecule has 1 aliphatic heterocycles. The van der Waals surface area contributed by atoms with E-state index in [9.17, 15) is 53.7 Å². The molecule has 286 valence electrons. The number of carbonyl (C=O) groups is 1. The summed E-state index contributed by atoms with van der Waals surface area (Å²) in [5.74, 6) is -1.08. The molecule has 2 aliphatic rings. The van der Waals surface area contributed by atoms with Crippen LogP contribution in [0.5, 0.6) is 0 Å². The Morgan fingerprint density at radius 3 is 2.57 bits per heavy atom. The van der Waals surface area contributed by atoms with Crippen LogP contribution in [0, 0.1) is 5.92 Å². The molecule has 53 heavy (non-hydrogen) atoms. The van der Waals surface area contributed by atoms with Crippen LogP contribution in [0.4, 0.5) is 5.82 Å². The first-order chi connectivity index (χ1) is 24.9. The second-order valence-electron chi connectivity index (χ2n) is 12.3. The largest absolute Gasteiger partial charge is 0.481 e. The van der Waals surface area contributed by atoms with Crippen molar-refractivity contribution >= 4 is 55.7 Å². The van der Waals surface area contributed by atoms with E-state index in [0.717, 1.165) is 11.9 Å². The molecule has 6 rings (SSSR count). The van der Waals surface area contributed by atoms with Gasteiger partial charge >= 0.3 is 27.0 Å². The van der Waals surface area contributed by atoms with E-state index in [2.05, 4.69) is 33.8 Å². The van der Waals surface area contributed by atoms with Gasteiger partial charge in [0.05, 0.1) is 19.5 Å². The summed E-state index contributed by atoms with van der Waals surface area (Å²) in [6, 6.07) is 0. The molecule has 1 fully saturated rings. The van der Waals surface area contributed by atoms with Gasteiger partial charge in [-0.25, -0.2) is 38.4 Å². The summed E-state index contributed by atoms with van der Waals surface area (Å²) >= 11 is 0. The maximum atomic E-state index is 13.2. The Bertz CT molecular complexity index is 2330. The number of fused-ring (bicyclic) bond motifs is 3. The Kier molecular flexibility index (Phi) is 10.6. The zero-order valence-corrected chi connectivity index (χ0v) is 29.4. The van der Waals surface area contributed by atoms with E-state index in [4.69, 9.17) is 15.0 Å². The number of phosphoric acid groups is 2. The molecule has 0 saturated carbocycles. The van der Waals surface area contributed by atoms with Crippen molar-refractivity contribution in [3.05, 3.63) is 50.5 Å². The van der Waals surface area contributed by atoms with Crippen molar-refractivity contribution < 1.29 is 66.8 Å². The third-order valence-corrected chi connectivity index (χ3v) is 11.3. The van der Waals surface area contributed by atoms with Gasteiger partial charge in [0.25, 0.3) is 5.56 Å². The van der Waals surface area contributed by atoms with E-state index in [-0.39, 0.29) is 34.1 Å². The SMILES string of the molecule is CC1=Cc2nc3c(=O)[nH]c(=O)[nH]c3[n+](CC(=O)[C@H](O)[C@H](O)COP(=O)(O)OP(=O)(O)OC[C@H]3O[C@@H](n4cnc5c(N)ncnc54)[C@H](O)[C@@H]3O)c2C[C@@H]1C. The predicted octanol–water partition coefficient (Wildman–Crippen LogP) is -2.92. The van der Waals surface area contributed by atoms with E-state index in [1.807, 2.05) is 18.8 Å². The Morgan fingerprint density at radius 1 is 1.11 bits per heavy atom. The average molecular weight is 787 g/mol. The third-order valence-electron chi connectivity index (χ3n) is 8.69. The number of ketones is 1. The number of nitrogens with zero attached hydrogens (tertiary/aromatic N) is 6. The Hall–Kier alpha value is -4.16. The summed E-state index contributed by atoms with van der Waals surface area (Å²) in [5, 5.41) is 42.1. The minimum atomic E-state index is -5.56. The summed E-state index contributed by atoms with van der Waals surface area (Å²) < 4.78 is 46.5. The lowest BCUT2D eigenvalue weighted by atomic mass is 9.90. The number of nitrogens with two attached hydrogens (primary N) is 1. The highest BCUT2D eigenvalue weighted by atomic mass is 31.3. The highest BCUT2D eigenvalue weighted by Gasteiger charge is 2.46. The van der Waals surface area contributed by atoms with E-state index >= 15 is 0 Å². The lowest BCUT2D eigenvalue weighted by molar-refractivity contribution is -0.669. The van der Waals surface area contributed by atoms with E-state index in [1.165, 1.54) is 15.5 Å². The van der Waals surface area contributed by atoms with E-state index in [0.29, 0.717) is 17.8 Å². The van der Waals surface area contributed by atoms with Crippen LogP contribution < -0.4 is 21.5 Å². The molecule has 4 aromatic rings. The number of imidazole rings is 1. The van der Waals surface area contributed by atoms with Crippen LogP contribution in [0.15, 0.2) is 27.8 Å². The number of hydrogen-bond donors (Lipinski definition) is 9. The summed E-state index contributed by atoms with van der Waals surface area (Å²) in [7, 11) is -11.0. The van der Waals surface area contributed by atoms with Gasteiger partial charge in [0.15, 0.2) is 24.2 Å². The topological polar surface area (TPSA) is 362 Å². The minimum absolute atomic E-state index is 0.0240. The van der Waals surface area contributed by atoms with Gasteiger partial charge in [-0.2, -0.15) is 9.29 Å². The lowest BCUT2D eigenvalue weighted by Gasteiger charge is -2.22. The molecule has 0 aromatic carbocycles. The Morgan fingerprint density at radius 2 is 1.83 bits per heavy atom. The van der Waals surface area contributed by atoms with Crippen molar-refractivity contribution in [2.75, 3.05) is 18.9 Å². The molecule has 1 aliphatic carbocycles. The van der Waals surface area contributed by atoms with Crippen molar-refractivity contribution in [3.63, 3.8) is 0 Å². The second kappa shape index (κ2) is 14.6. The number of phosphoric ester groups is 2.